The number of rotatable bonds is 5. The van der Waals surface area contributed by atoms with E-state index in [1.165, 1.54) is 4.57 Å². The highest BCUT2D eigenvalue weighted by Crippen LogP contribution is 2.18. The fourth-order valence-corrected chi connectivity index (χ4v) is 2.90. The van der Waals surface area contributed by atoms with E-state index in [4.69, 9.17) is 9.26 Å². The van der Waals surface area contributed by atoms with Crippen molar-refractivity contribution in [3.05, 3.63) is 51.7 Å². The van der Waals surface area contributed by atoms with Gasteiger partial charge in [-0.2, -0.15) is 4.98 Å². The van der Waals surface area contributed by atoms with Crippen molar-refractivity contribution in [2.45, 2.75) is 33.7 Å². The number of benzene rings is 1. The van der Waals surface area contributed by atoms with Crippen LogP contribution in [0.15, 0.2) is 33.6 Å². The second kappa shape index (κ2) is 7.63. The Morgan fingerprint density at radius 3 is 2.75 bits per heavy atom. The maximum Gasteiger partial charge on any atom is 0.361 e. The number of hydrogen-bond donors (Lipinski definition) is 1. The molecule has 0 spiro atoms. The number of hydrogen-bond acceptors (Lipinski definition) is 7. The summed E-state index contributed by atoms with van der Waals surface area (Å²) in [6, 6.07) is 6.43. The monoisotopic (exact) mass is 384 g/mol. The third-order valence-corrected chi connectivity index (χ3v) is 4.24. The van der Waals surface area contributed by atoms with E-state index in [0.717, 1.165) is 5.56 Å². The van der Waals surface area contributed by atoms with Crippen LogP contribution in [0.3, 0.4) is 0 Å². The van der Waals surface area contributed by atoms with Crippen LogP contribution in [-0.2, 0) is 9.53 Å². The second-order valence-corrected chi connectivity index (χ2v) is 6.30. The zero-order chi connectivity index (χ0) is 20.4. The first kappa shape index (κ1) is 19.3. The lowest BCUT2D eigenvalue weighted by Gasteiger charge is -2.17. The van der Waals surface area contributed by atoms with Gasteiger partial charge in [0.05, 0.1) is 6.61 Å². The molecule has 1 amide bonds. The number of aromatic nitrogens is 3. The van der Waals surface area contributed by atoms with Crippen molar-refractivity contribution in [3.8, 4) is 0 Å². The van der Waals surface area contributed by atoms with Crippen LogP contribution in [0.1, 0.15) is 41.8 Å². The van der Waals surface area contributed by atoms with Crippen molar-refractivity contribution < 1.29 is 18.8 Å². The number of fused-ring (bicyclic) bond motifs is 1. The average Bonchev–Trinajstić information content (AvgIpc) is 3.06. The Kier molecular flexibility index (Phi) is 5.25. The lowest BCUT2D eigenvalue weighted by atomic mass is 10.2. The number of anilines is 1. The van der Waals surface area contributed by atoms with Crippen molar-refractivity contribution in [3.63, 3.8) is 0 Å². The summed E-state index contributed by atoms with van der Waals surface area (Å²) in [4.78, 5) is 41.9. The molecule has 1 aromatic carbocycles. The second-order valence-electron chi connectivity index (χ2n) is 6.30. The normalized spacial score (nSPS) is 12.0. The summed E-state index contributed by atoms with van der Waals surface area (Å²) in [5.41, 5.74) is 0.681. The van der Waals surface area contributed by atoms with Crippen LogP contribution in [0.5, 0.6) is 0 Å². The molecule has 9 nitrogen and oxygen atoms in total. The summed E-state index contributed by atoms with van der Waals surface area (Å²) >= 11 is 0. The number of carbonyl (C=O) groups excluding carboxylic acids is 2. The molecular formula is C19H20N4O5. The highest BCUT2D eigenvalue weighted by molar-refractivity contribution is 6.00. The molecular weight excluding hydrogens is 364 g/mol. The summed E-state index contributed by atoms with van der Waals surface area (Å²) in [6.45, 7) is 6.82. The molecule has 0 bridgehead atoms. The topological polar surface area (TPSA) is 116 Å². The van der Waals surface area contributed by atoms with E-state index in [0.29, 0.717) is 5.69 Å². The molecule has 28 heavy (non-hydrogen) atoms. The quantitative estimate of drug-likeness (QED) is 0.671. The van der Waals surface area contributed by atoms with Gasteiger partial charge >= 0.3 is 5.97 Å². The van der Waals surface area contributed by atoms with Crippen molar-refractivity contribution >= 4 is 28.7 Å². The van der Waals surface area contributed by atoms with Gasteiger partial charge in [0.25, 0.3) is 11.3 Å². The number of esters is 1. The fraction of sp³-hybridized carbons (Fsp3) is 0.316. The first-order chi connectivity index (χ1) is 13.3. The first-order valence-electron chi connectivity index (χ1n) is 8.76. The standard InChI is InChI=1S/C19H20N4O5/c1-5-27-19(26)15-14-17(28-22-15)20-12(4)23(18(14)25)11(3)16(24)21-13-8-6-7-10(2)9-13/h6-9,11H,5H2,1-4H3,(H,21,24)/t11-/m0/s1. The van der Waals surface area contributed by atoms with Crippen molar-refractivity contribution in [2.24, 2.45) is 0 Å². The molecule has 0 fully saturated rings. The lowest BCUT2D eigenvalue weighted by Crippen LogP contribution is -2.34. The van der Waals surface area contributed by atoms with Gasteiger partial charge in [-0.05, 0) is 45.4 Å². The summed E-state index contributed by atoms with van der Waals surface area (Å²) in [5, 5.41) is 6.28. The van der Waals surface area contributed by atoms with E-state index in [1.807, 2.05) is 25.1 Å². The smallest absolute Gasteiger partial charge is 0.361 e. The van der Waals surface area contributed by atoms with Gasteiger partial charge in [-0.15, -0.1) is 0 Å². The summed E-state index contributed by atoms with van der Waals surface area (Å²) in [5.74, 6) is -0.922. The summed E-state index contributed by atoms with van der Waals surface area (Å²) in [6.07, 6.45) is 0. The Hall–Kier alpha value is -3.49. The van der Waals surface area contributed by atoms with E-state index >= 15 is 0 Å². The molecule has 0 radical (unpaired) electrons. The van der Waals surface area contributed by atoms with Gasteiger partial charge in [0, 0.05) is 5.69 Å². The van der Waals surface area contributed by atoms with Gasteiger partial charge < -0.3 is 14.6 Å². The van der Waals surface area contributed by atoms with Crippen LogP contribution >= 0.6 is 0 Å². The van der Waals surface area contributed by atoms with Crippen LogP contribution in [0, 0.1) is 13.8 Å². The minimum Gasteiger partial charge on any atom is -0.461 e. The molecule has 146 valence electrons. The van der Waals surface area contributed by atoms with Gasteiger partial charge in [-0.3, -0.25) is 14.2 Å². The highest BCUT2D eigenvalue weighted by Gasteiger charge is 2.27. The molecule has 0 aliphatic heterocycles. The van der Waals surface area contributed by atoms with Crippen LogP contribution in [-0.4, -0.2) is 33.2 Å². The van der Waals surface area contributed by atoms with Crippen LogP contribution in [0.2, 0.25) is 0 Å². The van der Waals surface area contributed by atoms with Gasteiger partial charge in [-0.1, -0.05) is 17.3 Å². The molecule has 1 atom stereocenters. The first-order valence-corrected chi connectivity index (χ1v) is 8.76. The molecule has 0 saturated carbocycles. The van der Waals surface area contributed by atoms with Gasteiger partial charge in [-0.25, -0.2) is 4.79 Å². The lowest BCUT2D eigenvalue weighted by molar-refractivity contribution is -0.118. The Labute approximate surface area is 160 Å². The number of nitrogens with one attached hydrogen (secondary N) is 1. The summed E-state index contributed by atoms with van der Waals surface area (Å²) < 4.78 is 11.1. The van der Waals surface area contributed by atoms with E-state index in [1.54, 1.807) is 26.8 Å². The van der Waals surface area contributed by atoms with E-state index in [-0.39, 0.29) is 29.2 Å². The molecule has 2 aromatic heterocycles. The fourth-order valence-electron chi connectivity index (χ4n) is 2.90. The summed E-state index contributed by atoms with van der Waals surface area (Å²) in [7, 11) is 0. The van der Waals surface area contributed by atoms with Crippen LogP contribution in [0.4, 0.5) is 5.69 Å². The number of aryl methyl sites for hydroxylation is 2. The minimum atomic E-state index is -0.880. The zero-order valence-corrected chi connectivity index (χ0v) is 16.0. The van der Waals surface area contributed by atoms with Gasteiger partial charge in [0.1, 0.15) is 17.3 Å². The maximum atomic E-state index is 13.0. The highest BCUT2D eigenvalue weighted by atomic mass is 16.5. The molecule has 1 N–H and O–H groups in total. The van der Waals surface area contributed by atoms with Gasteiger partial charge in [0.2, 0.25) is 11.6 Å². The van der Waals surface area contributed by atoms with E-state index < -0.39 is 23.5 Å². The molecule has 0 aliphatic rings. The van der Waals surface area contributed by atoms with Crippen molar-refractivity contribution in [1.29, 1.82) is 0 Å². The Morgan fingerprint density at radius 1 is 1.32 bits per heavy atom. The predicted octanol–water partition coefficient (Wildman–Crippen LogP) is 2.38. The Bertz CT molecular complexity index is 1120. The predicted molar refractivity (Wildman–Crippen MR) is 101 cm³/mol. The Morgan fingerprint density at radius 2 is 2.07 bits per heavy atom. The minimum absolute atomic E-state index is 0.0758. The molecule has 0 unspecified atom stereocenters. The molecule has 0 saturated heterocycles. The van der Waals surface area contributed by atoms with Gasteiger partial charge in [0.15, 0.2) is 0 Å². The molecule has 9 heteroatoms. The molecule has 2 heterocycles. The van der Waals surface area contributed by atoms with Crippen molar-refractivity contribution in [2.75, 3.05) is 11.9 Å². The number of ether oxygens (including phenoxy) is 1. The number of nitrogens with zero attached hydrogens (tertiary/aromatic N) is 3. The zero-order valence-electron chi connectivity index (χ0n) is 16.0. The number of amides is 1. The third-order valence-electron chi connectivity index (χ3n) is 4.24. The van der Waals surface area contributed by atoms with E-state index in [2.05, 4.69) is 15.5 Å². The average molecular weight is 384 g/mol. The van der Waals surface area contributed by atoms with E-state index in [9.17, 15) is 14.4 Å². The number of carbonyl (C=O) groups is 2. The van der Waals surface area contributed by atoms with Crippen LogP contribution in [0.25, 0.3) is 11.1 Å². The van der Waals surface area contributed by atoms with Crippen LogP contribution < -0.4 is 10.9 Å². The maximum absolute atomic E-state index is 13.0. The SMILES string of the molecule is CCOC(=O)c1noc2nc(C)n([C@@H](C)C(=O)Nc3cccc(C)c3)c(=O)c12. The molecule has 3 rings (SSSR count). The molecule has 0 aliphatic carbocycles. The molecule has 3 aromatic rings. The van der Waals surface area contributed by atoms with Crippen molar-refractivity contribution in [1.82, 2.24) is 14.7 Å². The third kappa shape index (κ3) is 3.51. The Balaban J connectivity index is 2.01. The largest absolute Gasteiger partial charge is 0.461 e.